The monoisotopic (exact) mass is 892 g/mol. The molecule has 11 rings (SSSR count). The molecule has 70 heavy (non-hydrogen) atoms. The van der Waals surface area contributed by atoms with Gasteiger partial charge in [-0.1, -0.05) is 103 Å². The maximum atomic E-state index is 10.6. The summed E-state index contributed by atoms with van der Waals surface area (Å²) in [5.74, 6) is 0.478. The molecule has 0 atom stereocenters. The highest BCUT2D eigenvalue weighted by Gasteiger charge is 2.19. The lowest BCUT2D eigenvalue weighted by molar-refractivity contribution is 1.18. The van der Waals surface area contributed by atoms with Gasteiger partial charge in [0.2, 0.25) is 0 Å². The molecule has 9 aromatic carbocycles. The number of hydrogen-bond acceptors (Lipinski definition) is 7. The van der Waals surface area contributed by atoms with Crippen molar-refractivity contribution in [2.24, 2.45) is 0 Å². The third-order valence-corrected chi connectivity index (χ3v) is 12.6. The van der Waals surface area contributed by atoms with Gasteiger partial charge in [0.1, 0.15) is 0 Å². The molecule has 324 valence electrons. The minimum atomic E-state index is 0.386. The van der Waals surface area contributed by atoms with Crippen LogP contribution >= 0.6 is 0 Å². The Morgan fingerprint density at radius 2 is 0.843 bits per heavy atom. The molecule has 0 aliphatic carbocycles. The number of rotatable bonds is 9. The standard InChI is InChI=1S/C62H36N8/c63-37-41-15-19-44(20-16-41)57-36-58(68-62(67-57)47-21-17-42(38-64)18-22-47)45-23-25-46(26-24-45)61-49(39-65)33-48(34-50(61)40-66)43-27-29-53(30-28-43)70-59-14-8-7-13-55(59)56-35-54(31-32-60(56)70)69(51-9-3-1-4-10-51)52-11-5-2-6-12-52/h1-36H. The first-order valence-electron chi connectivity index (χ1n) is 22.5. The molecule has 0 amide bonds. The average Bonchev–Trinajstić information content (AvgIpc) is 3.77. The highest BCUT2D eigenvalue weighted by molar-refractivity contribution is 6.10. The number of aromatic nitrogens is 3. The maximum absolute atomic E-state index is 10.6. The van der Waals surface area contributed by atoms with Crippen LogP contribution in [0.25, 0.3) is 83.6 Å². The van der Waals surface area contributed by atoms with E-state index in [4.69, 9.17) is 9.97 Å². The van der Waals surface area contributed by atoms with Crippen LogP contribution in [0.1, 0.15) is 22.3 Å². The van der Waals surface area contributed by atoms with E-state index in [0.29, 0.717) is 45.0 Å². The van der Waals surface area contributed by atoms with E-state index in [0.717, 1.165) is 77.9 Å². The molecule has 0 unspecified atom stereocenters. The van der Waals surface area contributed by atoms with Gasteiger partial charge >= 0.3 is 0 Å². The fourth-order valence-corrected chi connectivity index (χ4v) is 9.17. The summed E-state index contributed by atoms with van der Waals surface area (Å²) in [6.45, 7) is 0. The lowest BCUT2D eigenvalue weighted by Crippen LogP contribution is -2.09. The Bertz CT molecular complexity index is 3790. The van der Waals surface area contributed by atoms with E-state index >= 15 is 0 Å². The van der Waals surface area contributed by atoms with Crippen molar-refractivity contribution >= 4 is 38.9 Å². The third kappa shape index (κ3) is 7.83. The number of nitrogens with zero attached hydrogens (tertiary/aromatic N) is 8. The van der Waals surface area contributed by atoms with Crippen molar-refractivity contribution in [3.63, 3.8) is 0 Å². The molecule has 2 aromatic heterocycles. The molecule has 0 spiro atoms. The van der Waals surface area contributed by atoms with E-state index in [1.54, 1.807) is 24.3 Å². The summed E-state index contributed by atoms with van der Waals surface area (Å²) in [4.78, 5) is 12.1. The summed E-state index contributed by atoms with van der Waals surface area (Å²) in [6.07, 6.45) is 0. The normalized spacial score (nSPS) is 10.8. The Morgan fingerprint density at radius 3 is 1.40 bits per heavy atom. The molecule has 0 aliphatic heterocycles. The molecule has 0 radical (unpaired) electrons. The zero-order valence-electron chi connectivity index (χ0n) is 37.4. The van der Waals surface area contributed by atoms with Gasteiger partial charge in [0.15, 0.2) is 5.82 Å². The van der Waals surface area contributed by atoms with Gasteiger partial charge in [-0.3, -0.25) is 0 Å². The minimum Gasteiger partial charge on any atom is -0.310 e. The number of benzene rings is 9. The van der Waals surface area contributed by atoms with Gasteiger partial charge < -0.3 is 9.47 Å². The molecule has 8 heteroatoms. The summed E-state index contributed by atoms with van der Waals surface area (Å²) in [6, 6.07) is 80.8. The Balaban J connectivity index is 0.924. The Hall–Kier alpha value is -10.4. The summed E-state index contributed by atoms with van der Waals surface area (Å²) >= 11 is 0. The second-order valence-corrected chi connectivity index (χ2v) is 16.7. The van der Waals surface area contributed by atoms with E-state index in [1.165, 1.54) is 0 Å². The predicted octanol–water partition coefficient (Wildman–Crippen LogP) is 14.9. The highest BCUT2D eigenvalue weighted by Crippen LogP contribution is 2.41. The smallest absolute Gasteiger partial charge is 0.160 e. The first kappa shape index (κ1) is 42.3. The van der Waals surface area contributed by atoms with Gasteiger partial charge in [-0.2, -0.15) is 21.0 Å². The second-order valence-electron chi connectivity index (χ2n) is 16.7. The van der Waals surface area contributed by atoms with Gasteiger partial charge in [0.25, 0.3) is 0 Å². The van der Waals surface area contributed by atoms with Crippen molar-refractivity contribution in [1.82, 2.24) is 14.5 Å². The summed E-state index contributed by atoms with van der Waals surface area (Å²) in [5, 5.41) is 42.2. The number of para-hydroxylation sites is 3. The first-order valence-corrected chi connectivity index (χ1v) is 22.5. The van der Waals surface area contributed by atoms with Gasteiger partial charge in [-0.05, 0) is 132 Å². The molecule has 0 saturated heterocycles. The minimum absolute atomic E-state index is 0.386. The van der Waals surface area contributed by atoms with Crippen LogP contribution in [-0.4, -0.2) is 14.5 Å². The maximum Gasteiger partial charge on any atom is 0.160 e. The van der Waals surface area contributed by atoms with Crippen LogP contribution in [0.2, 0.25) is 0 Å². The third-order valence-electron chi connectivity index (χ3n) is 12.6. The Labute approximate surface area is 404 Å². The summed E-state index contributed by atoms with van der Waals surface area (Å²) < 4.78 is 2.28. The van der Waals surface area contributed by atoms with Crippen LogP contribution < -0.4 is 4.90 Å². The average molecular weight is 893 g/mol. The molecule has 8 nitrogen and oxygen atoms in total. The van der Waals surface area contributed by atoms with E-state index in [2.05, 4.69) is 137 Å². The van der Waals surface area contributed by atoms with Gasteiger partial charge in [0, 0.05) is 55.8 Å². The molecule has 11 aromatic rings. The quantitative estimate of drug-likeness (QED) is 0.141. The lowest BCUT2D eigenvalue weighted by Gasteiger charge is -2.25. The number of anilines is 3. The molecule has 0 N–H and O–H groups in total. The van der Waals surface area contributed by atoms with E-state index in [1.807, 2.05) is 91.0 Å². The van der Waals surface area contributed by atoms with Gasteiger partial charge in [-0.15, -0.1) is 0 Å². The molecule has 0 saturated carbocycles. The lowest BCUT2D eigenvalue weighted by atomic mass is 9.90. The van der Waals surface area contributed by atoms with Crippen LogP contribution in [0.15, 0.2) is 218 Å². The van der Waals surface area contributed by atoms with Crippen LogP contribution in [-0.2, 0) is 0 Å². The SMILES string of the molecule is N#Cc1ccc(-c2cc(-c3ccc(-c4c(C#N)cc(-c5ccc(-n6c7ccccc7c7cc(N(c8ccccc8)c8ccccc8)ccc76)cc5)cc4C#N)cc3)nc(-c3ccc(C#N)cc3)n2)cc1. The molecular formula is C62H36N8. The van der Waals surface area contributed by atoms with Gasteiger partial charge in [0.05, 0.1) is 69.0 Å². The van der Waals surface area contributed by atoms with E-state index in [9.17, 15) is 21.0 Å². The van der Waals surface area contributed by atoms with Crippen molar-refractivity contribution in [3.8, 4) is 86.1 Å². The van der Waals surface area contributed by atoms with Crippen molar-refractivity contribution in [3.05, 3.63) is 241 Å². The molecule has 0 fully saturated rings. The second kappa shape index (κ2) is 18.1. The largest absolute Gasteiger partial charge is 0.310 e. The Kier molecular flexibility index (Phi) is 10.9. The zero-order valence-corrected chi connectivity index (χ0v) is 37.4. The van der Waals surface area contributed by atoms with Crippen LogP contribution in [0.3, 0.4) is 0 Å². The van der Waals surface area contributed by atoms with Crippen molar-refractivity contribution < 1.29 is 0 Å². The summed E-state index contributed by atoms with van der Waals surface area (Å²) in [7, 11) is 0. The van der Waals surface area contributed by atoms with Crippen molar-refractivity contribution in [2.45, 2.75) is 0 Å². The first-order chi connectivity index (χ1) is 34.5. The molecule has 0 bridgehead atoms. The fraction of sp³-hybridized carbons (Fsp3) is 0. The number of nitriles is 4. The molecular weight excluding hydrogens is 857 g/mol. The van der Waals surface area contributed by atoms with Crippen LogP contribution in [0, 0.1) is 45.3 Å². The Morgan fingerprint density at radius 1 is 0.357 bits per heavy atom. The molecule has 2 heterocycles. The van der Waals surface area contributed by atoms with Crippen molar-refractivity contribution in [1.29, 1.82) is 21.0 Å². The summed E-state index contributed by atoms with van der Waals surface area (Å²) in [5.41, 5.74) is 14.8. The zero-order chi connectivity index (χ0) is 47.6. The topological polar surface area (TPSA) is 129 Å². The fourth-order valence-electron chi connectivity index (χ4n) is 9.17. The predicted molar refractivity (Wildman–Crippen MR) is 277 cm³/mol. The van der Waals surface area contributed by atoms with Gasteiger partial charge in [-0.25, -0.2) is 9.97 Å². The van der Waals surface area contributed by atoms with Crippen LogP contribution in [0.5, 0.6) is 0 Å². The van der Waals surface area contributed by atoms with Crippen LogP contribution in [0.4, 0.5) is 17.1 Å². The van der Waals surface area contributed by atoms with Crippen molar-refractivity contribution in [2.75, 3.05) is 4.90 Å². The van der Waals surface area contributed by atoms with E-state index < -0.39 is 0 Å². The van der Waals surface area contributed by atoms with E-state index in [-0.39, 0.29) is 0 Å². The highest BCUT2D eigenvalue weighted by atomic mass is 15.1. The number of hydrogen-bond donors (Lipinski definition) is 0. The number of fused-ring (bicyclic) bond motifs is 3. The molecule has 0 aliphatic rings.